The summed E-state index contributed by atoms with van der Waals surface area (Å²) < 4.78 is 5.10. The van der Waals surface area contributed by atoms with Gasteiger partial charge in [-0.15, -0.1) is 0 Å². The van der Waals surface area contributed by atoms with E-state index in [1.54, 1.807) is 18.2 Å². The molecule has 76 valence electrons. The fourth-order valence-electron chi connectivity index (χ4n) is 1.36. The molecule has 0 aromatic carbocycles. The van der Waals surface area contributed by atoms with Crippen LogP contribution in [0.5, 0.6) is 0 Å². The Morgan fingerprint density at radius 1 is 1.50 bits per heavy atom. The van der Waals surface area contributed by atoms with Gasteiger partial charge in [0.2, 0.25) is 0 Å². The summed E-state index contributed by atoms with van der Waals surface area (Å²) >= 11 is 5.72. The van der Waals surface area contributed by atoms with Gasteiger partial charge in [0.15, 0.2) is 0 Å². The van der Waals surface area contributed by atoms with Gasteiger partial charge < -0.3 is 15.2 Å². The molecule has 4 nitrogen and oxygen atoms in total. The van der Waals surface area contributed by atoms with Gasteiger partial charge in [-0.3, -0.25) is 0 Å². The predicted molar refractivity (Wildman–Crippen MR) is 53.5 cm³/mol. The molecule has 1 saturated heterocycles. The number of nitrogens with zero attached hydrogens (tertiary/aromatic N) is 1. The van der Waals surface area contributed by atoms with Crippen LogP contribution in [0.4, 0.5) is 5.82 Å². The van der Waals surface area contributed by atoms with Crippen molar-refractivity contribution in [1.29, 1.82) is 0 Å². The van der Waals surface area contributed by atoms with E-state index in [0.717, 1.165) is 0 Å². The lowest BCUT2D eigenvalue weighted by Gasteiger charge is -2.14. The number of ether oxygens (including phenoxy) is 1. The zero-order chi connectivity index (χ0) is 9.97. The number of hydrogen-bond acceptors (Lipinski definition) is 4. The van der Waals surface area contributed by atoms with Gasteiger partial charge in [0.05, 0.1) is 25.4 Å². The zero-order valence-corrected chi connectivity index (χ0v) is 8.24. The second-order valence-corrected chi connectivity index (χ2v) is 3.59. The summed E-state index contributed by atoms with van der Waals surface area (Å²) in [5.41, 5.74) is 0. The molecule has 1 fully saturated rings. The summed E-state index contributed by atoms with van der Waals surface area (Å²) in [4.78, 5) is 4.06. The van der Waals surface area contributed by atoms with Crippen LogP contribution < -0.4 is 5.32 Å². The highest BCUT2D eigenvalue weighted by Crippen LogP contribution is 2.14. The molecular formula is C9H11ClN2O2. The van der Waals surface area contributed by atoms with Crippen molar-refractivity contribution >= 4 is 17.4 Å². The number of hydrogen-bond donors (Lipinski definition) is 2. The highest BCUT2D eigenvalue weighted by molar-refractivity contribution is 6.29. The molecule has 2 rings (SSSR count). The molecular weight excluding hydrogens is 204 g/mol. The SMILES string of the molecule is OC1COCC1Nc1cccc(Cl)n1. The van der Waals surface area contributed by atoms with Gasteiger partial charge in [0.1, 0.15) is 11.0 Å². The highest BCUT2D eigenvalue weighted by atomic mass is 35.5. The minimum Gasteiger partial charge on any atom is -0.388 e. The number of anilines is 1. The molecule has 1 aromatic heterocycles. The fraction of sp³-hybridized carbons (Fsp3) is 0.444. The monoisotopic (exact) mass is 214 g/mol. The normalized spacial score (nSPS) is 26.4. The molecule has 1 aromatic rings. The molecule has 5 heteroatoms. The average Bonchev–Trinajstić information content (AvgIpc) is 2.52. The molecule has 0 aliphatic carbocycles. The molecule has 1 aliphatic heterocycles. The van der Waals surface area contributed by atoms with Crippen LogP contribution in [0, 0.1) is 0 Å². The first-order valence-corrected chi connectivity index (χ1v) is 4.78. The third-order valence-corrected chi connectivity index (χ3v) is 2.31. The Labute approximate surface area is 86.9 Å². The number of nitrogens with one attached hydrogen (secondary N) is 1. The number of aliphatic hydroxyl groups excluding tert-OH is 1. The van der Waals surface area contributed by atoms with E-state index in [4.69, 9.17) is 16.3 Å². The molecule has 0 radical (unpaired) electrons. The summed E-state index contributed by atoms with van der Waals surface area (Å²) in [5.74, 6) is 0.659. The second kappa shape index (κ2) is 4.13. The molecule has 2 unspecified atom stereocenters. The van der Waals surface area contributed by atoms with Gasteiger partial charge in [0, 0.05) is 0 Å². The topological polar surface area (TPSA) is 54.4 Å². The molecule has 14 heavy (non-hydrogen) atoms. The third-order valence-electron chi connectivity index (χ3n) is 2.10. The first-order chi connectivity index (χ1) is 6.75. The Balaban J connectivity index is 2.03. The molecule has 0 saturated carbocycles. The molecule has 0 bridgehead atoms. The Morgan fingerprint density at radius 2 is 2.36 bits per heavy atom. The van der Waals surface area contributed by atoms with Gasteiger partial charge in [-0.2, -0.15) is 0 Å². The fourth-order valence-corrected chi connectivity index (χ4v) is 1.52. The van der Waals surface area contributed by atoms with Crippen molar-refractivity contribution in [3.8, 4) is 0 Å². The summed E-state index contributed by atoms with van der Waals surface area (Å²) in [6.07, 6.45) is -0.476. The largest absolute Gasteiger partial charge is 0.388 e. The Kier molecular flexibility index (Phi) is 2.86. The number of rotatable bonds is 2. The summed E-state index contributed by atoms with van der Waals surface area (Å²) in [6, 6.07) is 5.21. The van der Waals surface area contributed by atoms with E-state index in [-0.39, 0.29) is 6.04 Å². The minimum absolute atomic E-state index is 0.0963. The maximum atomic E-state index is 9.47. The van der Waals surface area contributed by atoms with Crippen LogP contribution in [0.1, 0.15) is 0 Å². The smallest absolute Gasteiger partial charge is 0.131 e. The van der Waals surface area contributed by atoms with E-state index in [0.29, 0.717) is 24.2 Å². The first kappa shape index (κ1) is 9.71. The van der Waals surface area contributed by atoms with Gasteiger partial charge in [-0.25, -0.2) is 4.98 Å². The van der Waals surface area contributed by atoms with Crippen molar-refractivity contribution in [2.24, 2.45) is 0 Å². The van der Waals surface area contributed by atoms with Gasteiger partial charge in [0.25, 0.3) is 0 Å². The van der Waals surface area contributed by atoms with E-state index < -0.39 is 6.10 Å². The predicted octanol–water partition coefficient (Wildman–Crippen LogP) is 0.907. The molecule has 2 atom stereocenters. The third kappa shape index (κ3) is 2.15. The lowest BCUT2D eigenvalue weighted by molar-refractivity contribution is 0.125. The Morgan fingerprint density at radius 3 is 3.00 bits per heavy atom. The Hall–Kier alpha value is -0.840. The van der Waals surface area contributed by atoms with E-state index in [2.05, 4.69) is 10.3 Å². The number of aliphatic hydroxyl groups is 1. The molecule has 2 N–H and O–H groups in total. The van der Waals surface area contributed by atoms with Crippen LogP contribution in [-0.2, 0) is 4.74 Å². The summed E-state index contributed by atoms with van der Waals surface area (Å²) in [7, 11) is 0. The van der Waals surface area contributed by atoms with Crippen molar-refractivity contribution in [1.82, 2.24) is 4.98 Å². The van der Waals surface area contributed by atoms with Crippen molar-refractivity contribution in [2.45, 2.75) is 12.1 Å². The lowest BCUT2D eigenvalue weighted by Crippen LogP contribution is -2.32. The molecule has 1 aliphatic rings. The Bertz CT molecular complexity index is 321. The standard InChI is InChI=1S/C9H11ClN2O2/c10-8-2-1-3-9(12-8)11-6-4-14-5-7(6)13/h1-3,6-7,13H,4-5H2,(H,11,12). The quantitative estimate of drug-likeness (QED) is 0.719. The molecule has 0 spiro atoms. The highest BCUT2D eigenvalue weighted by Gasteiger charge is 2.26. The van der Waals surface area contributed by atoms with E-state index >= 15 is 0 Å². The first-order valence-electron chi connectivity index (χ1n) is 4.40. The second-order valence-electron chi connectivity index (χ2n) is 3.20. The van der Waals surface area contributed by atoms with E-state index in [9.17, 15) is 5.11 Å². The van der Waals surface area contributed by atoms with Crippen LogP contribution >= 0.6 is 11.6 Å². The van der Waals surface area contributed by atoms with Crippen LogP contribution in [0.2, 0.25) is 5.15 Å². The number of aromatic nitrogens is 1. The summed E-state index contributed by atoms with van der Waals surface area (Å²) in [6.45, 7) is 0.869. The minimum atomic E-state index is -0.476. The van der Waals surface area contributed by atoms with Crippen LogP contribution in [0.3, 0.4) is 0 Å². The number of halogens is 1. The summed E-state index contributed by atoms with van der Waals surface area (Å²) in [5, 5.41) is 13.0. The van der Waals surface area contributed by atoms with Gasteiger partial charge in [-0.1, -0.05) is 17.7 Å². The zero-order valence-electron chi connectivity index (χ0n) is 7.48. The van der Waals surface area contributed by atoms with Crippen LogP contribution in [-0.4, -0.2) is 35.5 Å². The number of pyridine rings is 1. The lowest BCUT2D eigenvalue weighted by atomic mass is 10.2. The van der Waals surface area contributed by atoms with Gasteiger partial charge >= 0.3 is 0 Å². The van der Waals surface area contributed by atoms with Crippen LogP contribution in [0.25, 0.3) is 0 Å². The van der Waals surface area contributed by atoms with Crippen molar-refractivity contribution in [2.75, 3.05) is 18.5 Å². The molecule has 0 amide bonds. The average molecular weight is 215 g/mol. The maximum absolute atomic E-state index is 9.47. The van der Waals surface area contributed by atoms with Gasteiger partial charge in [-0.05, 0) is 12.1 Å². The van der Waals surface area contributed by atoms with Crippen LogP contribution in [0.15, 0.2) is 18.2 Å². The van der Waals surface area contributed by atoms with Crippen molar-refractivity contribution in [3.63, 3.8) is 0 Å². The van der Waals surface area contributed by atoms with Crippen molar-refractivity contribution in [3.05, 3.63) is 23.4 Å². The maximum Gasteiger partial charge on any atom is 0.131 e. The molecule has 2 heterocycles. The van der Waals surface area contributed by atoms with Crippen molar-refractivity contribution < 1.29 is 9.84 Å². The van der Waals surface area contributed by atoms with E-state index in [1.807, 2.05) is 0 Å². The van der Waals surface area contributed by atoms with E-state index in [1.165, 1.54) is 0 Å².